The molecule has 0 heterocycles. The number of hydrogen-bond donors (Lipinski definition) is 1. The van der Waals surface area contributed by atoms with Gasteiger partial charge in [-0.3, -0.25) is 14.9 Å². The minimum Gasteiger partial charge on any atom is -0.326 e. The average molecular weight is 278 g/mol. The molecular formula is C15H22N2O3. The maximum absolute atomic E-state index is 11.7. The van der Waals surface area contributed by atoms with E-state index < -0.39 is 4.92 Å². The van der Waals surface area contributed by atoms with Crippen LogP contribution < -0.4 is 5.32 Å². The number of nitro benzene ring substituents is 1. The van der Waals surface area contributed by atoms with Gasteiger partial charge < -0.3 is 5.32 Å². The molecule has 1 aromatic rings. The fraction of sp³-hybridized carbons (Fsp3) is 0.533. The number of unbranched alkanes of at least 4 members (excludes halogenated alkanes) is 5. The molecule has 0 saturated carbocycles. The summed E-state index contributed by atoms with van der Waals surface area (Å²) in [6, 6.07) is 5.88. The standard InChI is InChI=1S/C15H22N2O3/c1-2-3-4-5-6-7-8-15(18)16-13-9-11-14(12-10-13)17(19)20/h9-12H,2-8H2,1H3,(H,16,18). The maximum Gasteiger partial charge on any atom is 0.269 e. The normalized spacial score (nSPS) is 10.2. The van der Waals surface area contributed by atoms with Gasteiger partial charge in [-0.2, -0.15) is 0 Å². The smallest absolute Gasteiger partial charge is 0.269 e. The van der Waals surface area contributed by atoms with E-state index in [-0.39, 0.29) is 11.6 Å². The van der Waals surface area contributed by atoms with Gasteiger partial charge in [-0.05, 0) is 18.6 Å². The van der Waals surface area contributed by atoms with Gasteiger partial charge in [-0.25, -0.2) is 0 Å². The van der Waals surface area contributed by atoms with Crippen molar-refractivity contribution < 1.29 is 9.72 Å². The lowest BCUT2D eigenvalue weighted by Crippen LogP contribution is -2.10. The number of benzene rings is 1. The van der Waals surface area contributed by atoms with E-state index in [4.69, 9.17) is 0 Å². The van der Waals surface area contributed by atoms with Crippen LogP contribution >= 0.6 is 0 Å². The first-order chi connectivity index (χ1) is 9.63. The van der Waals surface area contributed by atoms with Crippen molar-refractivity contribution in [1.82, 2.24) is 0 Å². The highest BCUT2D eigenvalue weighted by Gasteiger charge is 2.06. The lowest BCUT2D eigenvalue weighted by Gasteiger charge is -2.05. The number of non-ortho nitro benzene ring substituents is 1. The Morgan fingerprint density at radius 3 is 2.30 bits per heavy atom. The molecule has 110 valence electrons. The maximum atomic E-state index is 11.7. The Balaban J connectivity index is 2.23. The molecule has 20 heavy (non-hydrogen) atoms. The average Bonchev–Trinajstić information content (AvgIpc) is 2.43. The number of nitro groups is 1. The Hall–Kier alpha value is -1.91. The molecule has 1 rings (SSSR count). The van der Waals surface area contributed by atoms with Crippen molar-refractivity contribution in [3.05, 3.63) is 34.4 Å². The second kappa shape index (κ2) is 9.07. The molecule has 0 aliphatic heterocycles. The van der Waals surface area contributed by atoms with E-state index >= 15 is 0 Å². The van der Waals surface area contributed by atoms with Crippen LogP contribution in [-0.4, -0.2) is 10.8 Å². The van der Waals surface area contributed by atoms with E-state index in [1.165, 1.54) is 37.8 Å². The zero-order chi connectivity index (χ0) is 14.8. The molecule has 0 aliphatic carbocycles. The topological polar surface area (TPSA) is 72.2 Å². The van der Waals surface area contributed by atoms with Gasteiger partial charge in [-0.15, -0.1) is 0 Å². The van der Waals surface area contributed by atoms with Gasteiger partial charge >= 0.3 is 0 Å². The fourth-order valence-corrected chi connectivity index (χ4v) is 1.96. The van der Waals surface area contributed by atoms with Crippen LogP contribution in [0.1, 0.15) is 51.9 Å². The van der Waals surface area contributed by atoms with E-state index in [0.29, 0.717) is 12.1 Å². The molecule has 0 atom stereocenters. The highest BCUT2D eigenvalue weighted by atomic mass is 16.6. The number of anilines is 1. The van der Waals surface area contributed by atoms with Gasteiger partial charge in [0.25, 0.3) is 5.69 Å². The summed E-state index contributed by atoms with van der Waals surface area (Å²) in [5.74, 6) is -0.0330. The van der Waals surface area contributed by atoms with E-state index in [2.05, 4.69) is 12.2 Å². The monoisotopic (exact) mass is 278 g/mol. The Bertz CT molecular complexity index is 429. The molecule has 1 N–H and O–H groups in total. The van der Waals surface area contributed by atoms with Crippen LogP contribution in [0.5, 0.6) is 0 Å². The first-order valence-corrected chi connectivity index (χ1v) is 7.17. The molecule has 1 aromatic carbocycles. The lowest BCUT2D eigenvalue weighted by atomic mass is 10.1. The molecule has 0 unspecified atom stereocenters. The molecular weight excluding hydrogens is 256 g/mol. The fourth-order valence-electron chi connectivity index (χ4n) is 1.96. The van der Waals surface area contributed by atoms with E-state index in [1.807, 2.05) is 0 Å². The molecule has 0 bridgehead atoms. The quantitative estimate of drug-likeness (QED) is 0.416. The summed E-state index contributed by atoms with van der Waals surface area (Å²) in [6.07, 6.45) is 7.37. The van der Waals surface area contributed by atoms with E-state index in [1.54, 1.807) is 12.1 Å². The molecule has 5 nitrogen and oxygen atoms in total. The third-order valence-corrected chi connectivity index (χ3v) is 3.12. The zero-order valence-corrected chi connectivity index (χ0v) is 11.9. The Labute approximate surface area is 119 Å². The van der Waals surface area contributed by atoms with E-state index in [0.717, 1.165) is 12.8 Å². The van der Waals surface area contributed by atoms with Crippen molar-refractivity contribution in [1.29, 1.82) is 0 Å². The molecule has 1 amide bonds. The summed E-state index contributed by atoms with van der Waals surface area (Å²) in [4.78, 5) is 21.7. The molecule has 0 aromatic heterocycles. The number of rotatable bonds is 9. The summed E-state index contributed by atoms with van der Waals surface area (Å²) in [5, 5.41) is 13.3. The summed E-state index contributed by atoms with van der Waals surface area (Å²) < 4.78 is 0. The number of carbonyl (C=O) groups excluding carboxylic acids is 1. The molecule has 0 aliphatic rings. The van der Waals surface area contributed by atoms with Crippen molar-refractivity contribution >= 4 is 17.3 Å². The summed E-state index contributed by atoms with van der Waals surface area (Å²) in [7, 11) is 0. The first kappa shape index (κ1) is 16.1. The highest BCUT2D eigenvalue weighted by Crippen LogP contribution is 2.16. The van der Waals surface area contributed by atoms with Crippen molar-refractivity contribution in [2.45, 2.75) is 51.9 Å². The van der Waals surface area contributed by atoms with Gasteiger partial charge in [0.15, 0.2) is 0 Å². The zero-order valence-electron chi connectivity index (χ0n) is 11.9. The molecule has 0 spiro atoms. The number of nitrogens with zero attached hydrogens (tertiary/aromatic N) is 1. The van der Waals surface area contributed by atoms with Crippen LogP contribution in [0.4, 0.5) is 11.4 Å². The van der Waals surface area contributed by atoms with Crippen LogP contribution in [0.2, 0.25) is 0 Å². The van der Waals surface area contributed by atoms with Crippen LogP contribution in [0.25, 0.3) is 0 Å². The lowest BCUT2D eigenvalue weighted by molar-refractivity contribution is -0.384. The van der Waals surface area contributed by atoms with Crippen LogP contribution in [-0.2, 0) is 4.79 Å². The summed E-state index contributed by atoms with van der Waals surface area (Å²) in [6.45, 7) is 2.18. The van der Waals surface area contributed by atoms with Crippen molar-refractivity contribution in [2.75, 3.05) is 5.32 Å². The van der Waals surface area contributed by atoms with Crippen molar-refractivity contribution in [2.24, 2.45) is 0 Å². The van der Waals surface area contributed by atoms with Gasteiger partial charge in [0.05, 0.1) is 4.92 Å². The molecule has 5 heteroatoms. The second-order valence-electron chi connectivity index (χ2n) is 4.87. The molecule has 0 fully saturated rings. The van der Waals surface area contributed by atoms with Gasteiger partial charge in [0, 0.05) is 24.2 Å². The minimum absolute atomic E-state index is 0.0268. The molecule has 0 radical (unpaired) electrons. The number of nitrogens with one attached hydrogen (secondary N) is 1. The number of carbonyl (C=O) groups is 1. The van der Waals surface area contributed by atoms with Crippen LogP contribution in [0, 0.1) is 10.1 Å². The van der Waals surface area contributed by atoms with Crippen molar-refractivity contribution in [3.63, 3.8) is 0 Å². The second-order valence-corrected chi connectivity index (χ2v) is 4.87. The SMILES string of the molecule is CCCCCCCCC(=O)Nc1ccc([N+](=O)[O-])cc1. The van der Waals surface area contributed by atoms with Gasteiger partial charge in [0.2, 0.25) is 5.91 Å². The number of hydrogen-bond acceptors (Lipinski definition) is 3. The number of amides is 1. The summed E-state index contributed by atoms with van der Waals surface area (Å²) >= 11 is 0. The Morgan fingerprint density at radius 1 is 1.10 bits per heavy atom. The first-order valence-electron chi connectivity index (χ1n) is 7.17. The minimum atomic E-state index is -0.456. The predicted octanol–water partition coefficient (Wildman–Crippen LogP) is 4.28. The highest BCUT2D eigenvalue weighted by molar-refractivity contribution is 5.90. The summed E-state index contributed by atoms with van der Waals surface area (Å²) in [5.41, 5.74) is 0.630. The van der Waals surface area contributed by atoms with Crippen molar-refractivity contribution in [3.8, 4) is 0 Å². The van der Waals surface area contributed by atoms with E-state index in [9.17, 15) is 14.9 Å². The van der Waals surface area contributed by atoms with Gasteiger partial charge in [-0.1, -0.05) is 39.0 Å². The Kier molecular flexibility index (Phi) is 7.32. The third-order valence-electron chi connectivity index (χ3n) is 3.12. The van der Waals surface area contributed by atoms with Crippen LogP contribution in [0.3, 0.4) is 0 Å². The predicted molar refractivity (Wildman–Crippen MR) is 79.7 cm³/mol. The van der Waals surface area contributed by atoms with Gasteiger partial charge in [0.1, 0.15) is 0 Å². The molecule has 0 saturated heterocycles. The third kappa shape index (κ3) is 6.31. The van der Waals surface area contributed by atoms with Crippen LogP contribution in [0.15, 0.2) is 24.3 Å². The largest absolute Gasteiger partial charge is 0.326 e. The Morgan fingerprint density at radius 2 is 1.70 bits per heavy atom.